The molecule has 1 fully saturated rings. The fourth-order valence-electron chi connectivity index (χ4n) is 1.85. The van der Waals surface area contributed by atoms with Crippen LogP contribution in [0.1, 0.15) is 5.76 Å². The average Bonchev–Trinajstić information content (AvgIpc) is 2.97. The third-order valence-corrected chi connectivity index (χ3v) is 3.18. The van der Waals surface area contributed by atoms with E-state index < -0.39 is 0 Å². The standard InChI is InChI=1S/C14H9ClN2O2S/c15-9-3-1-2-8(6-9)12-5-4-10(19-12)7-11-13(18)17-14(20)16-11/h1-7H,(H2,16,17,18,20)/b11-7-. The fraction of sp³-hybridized carbons (Fsp3) is 0. The van der Waals surface area contributed by atoms with Gasteiger partial charge in [0.1, 0.15) is 17.2 Å². The molecule has 6 heteroatoms. The molecule has 100 valence electrons. The van der Waals surface area contributed by atoms with Gasteiger partial charge in [0, 0.05) is 16.7 Å². The van der Waals surface area contributed by atoms with Gasteiger partial charge in [0.2, 0.25) is 0 Å². The van der Waals surface area contributed by atoms with Crippen molar-refractivity contribution in [3.05, 3.63) is 52.9 Å². The van der Waals surface area contributed by atoms with Gasteiger partial charge >= 0.3 is 0 Å². The molecule has 0 atom stereocenters. The first-order chi connectivity index (χ1) is 9.61. The maximum atomic E-state index is 11.5. The summed E-state index contributed by atoms with van der Waals surface area (Å²) in [5.41, 5.74) is 1.24. The van der Waals surface area contributed by atoms with Crippen molar-refractivity contribution in [3.63, 3.8) is 0 Å². The molecule has 2 N–H and O–H groups in total. The lowest BCUT2D eigenvalue weighted by Crippen LogP contribution is -2.21. The van der Waals surface area contributed by atoms with Crippen molar-refractivity contribution >= 4 is 40.9 Å². The van der Waals surface area contributed by atoms with Crippen molar-refractivity contribution in [3.8, 4) is 11.3 Å². The third kappa shape index (κ3) is 2.59. The van der Waals surface area contributed by atoms with Crippen LogP contribution in [0.2, 0.25) is 5.02 Å². The summed E-state index contributed by atoms with van der Waals surface area (Å²) in [6.45, 7) is 0. The molecule has 0 bridgehead atoms. The molecular formula is C14H9ClN2O2S. The van der Waals surface area contributed by atoms with Gasteiger partial charge in [0.25, 0.3) is 5.91 Å². The van der Waals surface area contributed by atoms with Crippen LogP contribution < -0.4 is 10.6 Å². The van der Waals surface area contributed by atoms with Crippen molar-refractivity contribution in [2.24, 2.45) is 0 Å². The number of nitrogens with one attached hydrogen (secondary N) is 2. The Labute approximate surface area is 125 Å². The second-order valence-electron chi connectivity index (χ2n) is 4.18. The van der Waals surface area contributed by atoms with Crippen LogP contribution in [0.25, 0.3) is 17.4 Å². The quantitative estimate of drug-likeness (QED) is 0.661. The average molecular weight is 305 g/mol. The van der Waals surface area contributed by atoms with E-state index in [1.165, 1.54) is 0 Å². The predicted octanol–water partition coefficient (Wildman–Crippen LogP) is 2.95. The zero-order chi connectivity index (χ0) is 14.1. The van der Waals surface area contributed by atoms with Gasteiger partial charge in [0.15, 0.2) is 5.11 Å². The van der Waals surface area contributed by atoms with Crippen LogP contribution in [0, 0.1) is 0 Å². The van der Waals surface area contributed by atoms with E-state index >= 15 is 0 Å². The Morgan fingerprint density at radius 2 is 2.05 bits per heavy atom. The lowest BCUT2D eigenvalue weighted by molar-refractivity contribution is -0.115. The number of furan rings is 1. The Morgan fingerprint density at radius 3 is 2.75 bits per heavy atom. The Morgan fingerprint density at radius 1 is 1.20 bits per heavy atom. The Balaban J connectivity index is 1.89. The molecule has 1 aromatic carbocycles. The van der Waals surface area contributed by atoms with Gasteiger partial charge in [0.05, 0.1) is 0 Å². The zero-order valence-corrected chi connectivity index (χ0v) is 11.7. The number of thiocarbonyl (C=S) groups is 1. The number of hydrogen-bond donors (Lipinski definition) is 2. The Kier molecular flexibility index (Phi) is 3.30. The molecule has 1 aromatic heterocycles. The summed E-state index contributed by atoms with van der Waals surface area (Å²) in [6, 6.07) is 11.0. The highest BCUT2D eigenvalue weighted by Crippen LogP contribution is 2.25. The molecule has 1 aliphatic rings. The van der Waals surface area contributed by atoms with E-state index in [0.717, 1.165) is 5.56 Å². The minimum absolute atomic E-state index is 0.268. The molecule has 0 spiro atoms. The number of carbonyl (C=O) groups excluding carboxylic acids is 1. The molecule has 20 heavy (non-hydrogen) atoms. The van der Waals surface area contributed by atoms with E-state index in [1.54, 1.807) is 18.2 Å². The number of rotatable bonds is 2. The maximum absolute atomic E-state index is 11.5. The molecule has 1 saturated heterocycles. The summed E-state index contributed by atoms with van der Waals surface area (Å²) in [4.78, 5) is 11.5. The topological polar surface area (TPSA) is 54.3 Å². The van der Waals surface area contributed by atoms with E-state index in [2.05, 4.69) is 10.6 Å². The largest absolute Gasteiger partial charge is 0.457 e. The van der Waals surface area contributed by atoms with Crippen LogP contribution >= 0.6 is 23.8 Å². The molecule has 2 heterocycles. The SMILES string of the molecule is O=C1NC(=S)N/C1=C\c1ccc(-c2cccc(Cl)c2)o1. The molecule has 0 unspecified atom stereocenters. The number of halogens is 1. The second kappa shape index (κ2) is 5.11. The highest BCUT2D eigenvalue weighted by molar-refractivity contribution is 7.80. The van der Waals surface area contributed by atoms with E-state index in [0.29, 0.717) is 27.4 Å². The van der Waals surface area contributed by atoms with Crippen LogP contribution in [-0.4, -0.2) is 11.0 Å². The molecule has 1 amide bonds. The first-order valence-corrected chi connectivity index (χ1v) is 6.60. The summed E-state index contributed by atoms with van der Waals surface area (Å²) in [7, 11) is 0. The summed E-state index contributed by atoms with van der Waals surface area (Å²) < 4.78 is 5.67. The van der Waals surface area contributed by atoms with Crippen molar-refractivity contribution in [2.45, 2.75) is 0 Å². The highest BCUT2D eigenvalue weighted by Gasteiger charge is 2.20. The molecule has 0 saturated carbocycles. The highest BCUT2D eigenvalue weighted by atomic mass is 35.5. The Hall–Kier alpha value is -2.11. The zero-order valence-electron chi connectivity index (χ0n) is 10.1. The van der Waals surface area contributed by atoms with E-state index in [1.807, 2.05) is 24.3 Å². The van der Waals surface area contributed by atoms with Gasteiger partial charge in [-0.3, -0.25) is 10.1 Å². The van der Waals surface area contributed by atoms with E-state index in [9.17, 15) is 4.79 Å². The van der Waals surface area contributed by atoms with Crippen LogP contribution in [0.5, 0.6) is 0 Å². The van der Waals surface area contributed by atoms with Crippen molar-refractivity contribution in [1.29, 1.82) is 0 Å². The minimum Gasteiger partial charge on any atom is -0.457 e. The number of benzene rings is 1. The molecule has 4 nitrogen and oxygen atoms in total. The van der Waals surface area contributed by atoms with Crippen LogP contribution in [0.4, 0.5) is 0 Å². The first kappa shape index (κ1) is 12.9. The summed E-state index contributed by atoms with van der Waals surface area (Å²) >= 11 is 10.8. The summed E-state index contributed by atoms with van der Waals surface area (Å²) in [5.74, 6) is 0.971. The first-order valence-electron chi connectivity index (χ1n) is 5.81. The minimum atomic E-state index is -0.268. The smallest absolute Gasteiger partial charge is 0.274 e. The molecule has 2 aromatic rings. The fourth-order valence-corrected chi connectivity index (χ4v) is 2.24. The lowest BCUT2D eigenvalue weighted by Gasteiger charge is -1.97. The molecular weight excluding hydrogens is 296 g/mol. The van der Waals surface area contributed by atoms with Crippen LogP contribution in [0.15, 0.2) is 46.5 Å². The predicted molar refractivity (Wildman–Crippen MR) is 81.0 cm³/mol. The Bertz CT molecular complexity index is 736. The summed E-state index contributed by atoms with van der Waals surface area (Å²) in [6.07, 6.45) is 1.60. The third-order valence-electron chi connectivity index (χ3n) is 2.74. The van der Waals surface area contributed by atoms with E-state index in [4.69, 9.17) is 28.2 Å². The van der Waals surface area contributed by atoms with Crippen molar-refractivity contribution in [1.82, 2.24) is 10.6 Å². The lowest BCUT2D eigenvalue weighted by atomic mass is 10.2. The van der Waals surface area contributed by atoms with Gasteiger partial charge in [-0.25, -0.2) is 0 Å². The normalized spacial score (nSPS) is 16.4. The monoisotopic (exact) mass is 304 g/mol. The van der Waals surface area contributed by atoms with Gasteiger partial charge in [-0.2, -0.15) is 0 Å². The number of hydrogen-bond acceptors (Lipinski definition) is 3. The maximum Gasteiger partial charge on any atom is 0.274 e. The van der Waals surface area contributed by atoms with Crippen LogP contribution in [-0.2, 0) is 4.79 Å². The van der Waals surface area contributed by atoms with Crippen LogP contribution in [0.3, 0.4) is 0 Å². The number of amides is 1. The van der Waals surface area contributed by atoms with Crippen molar-refractivity contribution in [2.75, 3.05) is 0 Å². The molecule has 0 radical (unpaired) electrons. The van der Waals surface area contributed by atoms with Crippen molar-refractivity contribution < 1.29 is 9.21 Å². The molecule has 3 rings (SSSR count). The van der Waals surface area contributed by atoms with Gasteiger partial charge < -0.3 is 9.73 Å². The second-order valence-corrected chi connectivity index (χ2v) is 5.02. The summed E-state index contributed by atoms with van der Waals surface area (Å²) in [5, 5.41) is 6.18. The van der Waals surface area contributed by atoms with Gasteiger partial charge in [-0.05, 0) is 36.5 Å². The van der Waals surface area contributed by atoms with E-state index in [-0.39, 0.29) is 5.91 Å². The van der Waals surface area contributed by atoms with Gasteiger partial charge in [-0.15, -0.1) is 0 Å². The molecule has 1 aliphatic heterocycles. The number of carbonyl (C=O) groups is 1. The molecule has 0 aliphatic carbocycles. The van der Waals surface area contributed by atoms with Gasteiger partial charge in [-0.1, -0.05) is 23.7 Å².